The number of carbonyl (C=O) groups excluding carboxylic acids is 3. The van der Waals surface area contributed by atoms with Gasteiger partial charge in [-0.15, -0.1) is 11.6 Å². The van der Waals surface area contributed by atoms with Gasteiger partial charge < -0.3 is 15.0 Å². The number of hydrogen-bond acceptors (Lipinski definition) is 6. The Morgan fingerprint density at radius 2 is 2.03 bits per heavy atom. The highest BCUT2D eigenvalue weighted by Gasteiger charge is 2.57. The summed E-state index contributed by atoms with van der Waals surface area (Å²) in [7, 11) is 0. The van der Waals surface area contributed by atoms with E-state index >= 15 is 0 Å². The molecule has 0 aromatic heterocycles. The molecule has 2 rings (SSSR count). The predicted octanol–water partition coefficient (Wildman–Crippen LogP) is 1.81. The van der Waals surface area contributed by atoms with Crippen molar-refractivity contribution in [2.24, 2.45) is 0 Å². The van der Waals surface area contributed by atoms with E-state index in [1.807, 2.05) is 0 Å². The molecule has 2 aliphatic rings. The molecule has 0 aromatic carbocycles. The lowest BCUT2D eigenvalue weighted by molar-refractivity contribution is -0.163. The maximum absolute atomic E-state index is 13.0. The van der Waals surface area contributed by atoms with Crippen LogP contribution < -0.4 is 5.32 Å². The van der Waals surface area contributed by atoms with Gasteiger partial charge in [0.15, 0.2) is 22.5 Å². The Morgan fingerprint density at radius 1 is 1.38 bits per heavy atom. The number of esters is 1. The van der Waals surface area contributed by atoms with Crippen LogP contribution in [0.2, 0.25) is 0 Å². The number of hydrogen-bond donors (Lipinski definition) is 1. The minimum absolute atomic E-state index is 0.180. The minimum Gasteiger partial charge on any atom is -0.463 e. The molecule has 1 aliphatic heterocycles. The van der Waals surface area contributed by atoms with Crippen LogP contribution in [-0.4, -0.2) is 67.4 Å². The van der Waals surface area contributed by atoms with E-state index in [9.17, 15) is 18.6 Å². The van der Waals surface area contributed by atoms with E-state index in [1.54, 1.807) is 6.92 Å². The summed E-state index contributed by atoms with van der Waals surface area (Å²) in [6.45, 7) is 5.57. The molecule has 0 aromatic rings. The van der Waals surface area contributed by atoms with Gasteiger partial charge in [-0.1, -0.05) is 48.4 Å². The van der Waals surface area contributed by atoms with Crippen LogP contribution >= 0.6 is 34.2 Å². The van der Waals surface area contributed by atoms with Crippen LogP contribution in [0.4, 0.5) is 0 Å². The first kappa shape index (κ1) is 24.5. The Labute approximate surface area is 191 Å². The van der Waals surface area contributed by atoms with Gasteiger partial charge in [-0.2, -0.15) is 0 Å². The zero-order valence-corrected chi connectivity index (χ0v) is 20.0. The van der Waals surface area contributed by atoms with E-state index in [-0.39, 0.29) is 18.6 Å². The van der Waals surface area contributed by atoms with Crippen molar-refractivity contribution in [1.29, 1.82) is 0 Å². The molecule has 1 aliphatic carbocycles. The fourth-order valence-electron chi connectivity index (χ4n) is 3.43. The summed E-state index contributed by atoms with van der Waals surface area (Å²) in [6, 6.07) is -2.18. The standard InChI is InChI=1S/C18H26ClIN2O6S/c1-11(2)15(18(25)27-9-8-20)22-16(24)14(21-13(23)10-19)17(22)29(26)28-12-6-4-3-5-7-12/h12,14-15,17H,1,3-10H2,2H3,(H,21,23). The van der Waals surface area contributed by atoms with Crippen molar-refractivity contribution in [3.05, 3.63) is 12.2 Å². The molecule has 4 atom stereocenters. The molecule has 0 spiro atoms. The lowest BCUT2D eigenvalue weighted by Gasteiger charge is -2.48. The highest BCUT2D eigenvalue weighted by molar-refractivity contribution is 14.1. The van der Waals surface area contributed by atoms with Crippen molar-refractivity contribution in [1.82, 2.24) is 10.2 Å². The monoisotopic (exact) mass is 560 g/mol. The number of ether oxygens (including phenoxy) is 1. The van der Waals surface area contributed by atoms with E-state index in [0.717, 1.165) is 37.0 Å². The topological polar surface area (TPSA) is 102 Å². The maximum atomic E-state index is 13.0. The molecule has 2 amide bonds. The second-order valence-electron chi connectivity index (χ2n) is 7.04. The molecule has 4 unspecified atom stereocenters. The Morgan fingerprint density at radius 3 is 2.59 bits per heavy atom. The minimum atomic E-state index is -1.94. The van der Waals surface area contributed by atoms with Gasteiger partial charge >= 0.3 is 5.97 Å². The number of nitrogens with one attached hydrogen (secondary N) is 1. The lowest BCUT2D eigenvalue weighted by Crippen LogP contribution is -2.75. The van der Waals surface area contributed by atoms with Gasteiger partial charge in [-0.25, -0.2) is 9.00 Å². The molecular weight excluding hydrogens is 535 g/mol. The molecule has 0 radical (unpaired) electrons. The number of amides is 2. The largest absolute Gasteiger partial charge is 0.463 e. The number of halogens is 2. The molecule has 1 heterocycles. The molecule has 11 heteroatoms. The van der Waals surface area contributed by atoms with Crippen LogP contribution in [0, 0.1) is 0 Å². The zero-order valence-electron chi connectivity index (χ0n) is 16.2. The second kappa shape index (κ2) is 11.6. The third-order valence-corrected chi connectivity index (χ3v) is 6.83. The average Bonchev–Trinajstić information content (AvgIpc) is 2.70. The predicted molar refractivity (Wildman–Crippen MR) is 118 cm³/mol. The third kappa shape index (κ3) is 6.14. The third-order valence-electron chi connectivity index (χ3n) is 4.79. The Bertz CT molecular complexity index is 673. The highest BCUT2D eigenvalue weighted by Crippen LogP contribution is 2.32. The fourth-order valence-corrected chi connectivity index (χ4v) is 5.12. The van der Waals surface area contributed by atoms with Gasteiger partial charge in [0.2, 0.25) is 5.91 Å². The Balaban J connectivity index is 2.23. The SMILES string of the molecule is C=C(C)C(C(=O)OCCI)N1C(=O)C(NC(=O)CCl)C1S(=O)OC1CCCCC1. The molecule has 164 valence electrons. The number of β-lactam (4-membered cyclic amide) rings is 1. The summed E-state index contributed by atoms with van der Waals surface area (Å²) in [5.74, 6) is -2.10. The van der Waals surface area contributed by atoms with Crippen LogP contribution in [0.1, 0.15) is 39.0 Å². The van der Waals surface area contributed by atoms with Gasteiger partial charge in [-0.3, -0.25) is 13.8 Å². The molecule has 1 saturated carbocycles. The number of nitrogens with zero attached hydrogens (tertiary/aromatic N) is 1. The maximum Gasteiger partial charge on any atom is 0.333 e. The zero-order chi connectivity index (χ0) is 21.6. The van der Waals surface area contributed by atoms with E-state index in [2.05, 4.69) is 34.5 Å². The van der Waals surface area contributed by atoms with Crippen molar-refractivity contribution in [3.8, 4) is 0 Å². The van der Waals surface area contributed by atoms with Crippen molar-refractivity contribution in [2.75, 3.05) is 16.9 Å². The van der Waals surface area contributed by atoms with Crippen LogP contribution in [0.5, 0.6) is 0 Å². The molecule has 0 bridgehead atoms. The summed E-state index contributed by atoms with van der Waals surface area (Å²) in [5.41, 5.74) is 0.374. The first-order valence-corrected chi connectivity index (χ1v) is 12.6. The van der Waals surface area contributed by atoms with Crippen LogP contribution in [0.15, 0.2) is 12.2 Å². The first-order valence-electron chi connectivity index (χ1n) is 9.45. The second-order valence-corrected chi connectivity index (χ2v) is 9.58. The van der Waals surface area contributed by atoms with E-state index in [0.29, 0.717) is 10.0 Å². The summed E-state index contributed by atoms with van der Waals surface area (Å²) >= 11 is 5.66. The number of likely N-dealkylation sites (tertiary alicyclic amines) is 1. The van der Waals surface area contributed by atoms with E-state index < -0.39 is 46.3 Å². The summed E-state index contributed by atoms with van der Waals surface area (Å²) < 4.78 is 24.5. The first-order chi connectivity index (χ1) is 13.8. The van der Waals surface area contributed by atoms with Crippen LogP contribution in [-0.2, 0) is 34.4 Å². The van der Waals surface area contributed by atoms with Crippen molar-refractivity contribution < 1.29 is 27.5 Å². The lowest BCUT2D eigenvalue weighted by atomic mass is 9.98. The summed E-state index contributed by atoms with van der Waals surface area (Å²) in [4.78, 5) is 38.2. The van der Waals surface area contributed by atoms with Gasteiger partial charge in [-0.05, 0) is 25.3 Å². The van der Waals surface area contributed by atoms with Crippen molar-refractivity contribution >= 4 is 63.1 Å². The van der Waals surface area contributed by atoms with Crippen molar-refractivity contribution in [3.63, 3.8) is 0 Å². The summed E-state index contributed by atoms with van der Waals surface area (Å²) in [6.07, 6.45) is 4.46. The normalized spacial score (nSPS) is 24.4. The van der Waals surface area contributed by atoms with Crippen LogP contribution in [0.25, 0.3) is 0 Å². The molecule has 1 saturated heterocycles. The number of alkyl halides is 2. The molecule has 1 N–H and O–H groups in total. The quantitative estimate of drug-likeness (QED) is 0.144. The van der Waals surface area contributed by atoms with Gasteiger partial charge in [0.25, 0.3) is 5.91 Å². The van der Waals surface area contributed by atoms with Gasteiger partial charge in [0, 0.05) is 4.43 Å². The van der Waals surface area contributed by atoms with E-state index in [1.165, 1.54) is 0 Å². The van der Waals surface area contributed by atoms with E-state index in [4.69, 9.17) is 20.5 Å². The van der Waals surface area contributed by atoms with Gasteiger partial charge in [0.1, 0.15) is 18.5 Å². The molecule has 29 heavy (non-hydrogen) atoms. The summed E-state index contributed by atoms with van der Waals surface area (Å²) in [5, 5.41) is 1.45. The average molecular weight is 561 g/mol. The highest BCUT2D eigenvalue weighted by atomic mass is 127. The molecular formula is C18H26ClIN2O6S. The van der Waals surface area contributed by atoms with Crippen molar-refractivity contribution in [2.45, 2.75) is 62.6 Å². The molecule has 8 nitrogen and oxygen atoms in total. The molecule has 2 fully saturated rings. The number of rotatable bonds is 10. The smallest absolute Gasteiger partial charge is 0.333 e. The number of carbonyl (C=O) groups is 3. The Kier molecular flexibility index (Phi) is 9.83. The van der Waals surface area contributed by atoms with Gasteiger partial charge in [0.05, 0.1) is 6.10 Å². The fraction of sp³-hybridized carbons (Fsp3) is 0.722. The van der Waals surface area contributed by atoms with Crippen LogP contribution in [0.3, 0.4) is 0 Å². The Hall–Kier alpha value is -0.720.